The van der Waals surface area contributed by atoms with Crippen LogP contribution in [0.15, 0.2) is 58.4 Å². The molecule has 9 heteroatoms. The van der Waals surface area contributed by atoms with Crippen molar-refractivity contribution in [2.45, 2.75) is 33.2 Å². The first-order chi connectivity index (χ1) is 14.0. The average Bonchev–Trinajstić information content (AvgIpc) is 3.17. The number of rotatable bonds is 7. The predicted molar refractivity (Wildman–Crippen MR) is 111 cm³/mol. The van der Waals surface area contributed by atoms with Gasteiger partial charge in [-0.2, -0.15) is 0 Å². The van der Waals surface area contributed by atoms with Gasteiger partial charge in [0.05, 0.1) is 5.11 Å². The fraction of sp³-hybridized carbons (Fsp3) is 0.350. The third-order valence-electron chi connectivity index (χ3n) is 4.75. The number of azo groups is 1. The number of nitro groups is 1. The maximum absolute atomic E-state index is 11.8. The van der Waals surface area contributed by atoms with Crippen LogP contribution < -0.4 is 5.32 Å². The first kappa shape index (κ1) is 20.7. The van der Waals surface area contributed by atoms with Gasteiger partial charge in [0.25, 0.3) is 0 Å². The second-order valence-corrected chi connectivity index (χ2v) is 6.99. The van der Waals surface area contributed by atoms with Gasteiger partial charge in [0.1, 0.15) is 10.8 Å². The highest BCUT2D eigenvalue weighted by Gasteiger charge is 2.29. The molecule has 3 rings (SSSR count). The maximum Gasteiger partial charge on any atom is 0.430 e. The Labute approximate surface area is 174 Å². The van der Waals surface area contributed by atoms with Crippen LogP contribution in [0.4, 0.5) is 5.69 Å². The first-order valence-corrected chi connectivity index (χ1v) is 9.91. The van der Waals surface area contributed by atoms with Gasteiger partial charge in [-0.15, -0.1) is 0 Å². The molecule has 2 heterocycles. The number of nitrogens with one attached hydrogen (secondary N) is 1. The Morgan fingerprint density at radius 1 is 1.28 bits per heavy atom. The van der Waals surface area contributed by atoms with Crippen molar-refractivity contribution in [3.05, 3.63) is 80.1 Å². The molecule has 1 aliphatic heterocycles. The number of aryl methyl sites for hydroxylation is 2. The quantitative estimate of drug-likeness (QED) is 0.312. The second kappa shape index (κ2) is 9.47. The van der Waals surface area contributed by atoms with E-state index in [2.05, 4.69) is 20.5 Å². The Bertz CT molecular complexity index is 920. The Hall–Kier alpha value is -3.00. The number of hydrogen-bond acceptors (Lipinski definition) is 7. The summed E-state index contributed by atoms with van der Waals surface area (Å²) in [6.45, 7) is 5.73. The molecule has 1 saturated heterocycles. The van der Waals surface area contributed by atoms with Crippen LogP contribution in [-0.4, -0.2) is 27.9 Å². The summed E-state index contributed by atoms with van der Waals surface area (Å²) >= 11 is 5.83. The van der Waals surface area contributed by atoms with Gasteiger partial charge in [-0.05, 0) is 45.6 Å². The van der Waals surface area contributed by atoms with E-state index in [9.17, 15) is 10.1 Å². The van der Waals surface area contributed by atoms with Crippen LogP contribution in [-0.2, 0) is 19.4 Å². The lowest BCUT2D eigenvalue weighted by molar-refractivity contribution is -0.429. The van der Waals surface area contributed by atoms with E-state index in [0.717, 1.165) is 29.5 Å². The molecule has 152 valence electrons. The molecule has 1 aromatic carbocycles. The van der Waals surface area contributed by atoms with Crippen molar-refractivity contribution in [3.8, 4) is 0 Å². The Morgan fingerprint density at radius 3 is 2.59 bits per heavy atom. The number of hydrogen-bond donors (Lipinski definition) is 1. The van der Waals surface area contributed by atoms with Crippen LogP contribution in [0.5, 0.6) is 0 Å². The lowest BCUT2D eigenvalue weighted by atomic mass is 10.0. The number of aromatic nitrogens is 1. The van der Waals surface area contributed by atoms with E-state index in [1.807, 2.05) is 43.0 Å². The van der Waals surface area contributed by atoms with Crippen LogP contribution in [0.25, 0.3) is 0 Å². The largest absolute Gasteiger partial charge is 0.430 e. The summed E-state index contributed by atoms with van der Waals surface area (Å²) in [6.07, 6.45) is 3.22. The van der Waals surface area contributed by atoms with Crippen molar-refractivity contribution >= 4 is 17.3 Å². The molecule has 0 bridgehead atoms. The molecule has 1 aromatic heterocycles. The Balaban J connectivity index is 1.94. The summed E-state index contributed by atoms with van der Waals surface area (Å²) in [5.41, 5.74) is 3.65. The number of halogens is 1. The van der Waals surface area contributed by atoms with Crippen LogP contribution in [0.2, 0.25) is 5.15 Å². The van der Waals surface area contributed by atoms with Crippen molar-refractivity contribution in [2.75, 3.05) is 13.1 Å². The standard InChI is InChI=1S/C20H23ClN6O2/c1-3-15-6-5-7-16(4-2)18(15)24-25-20(27(28)29)19-22-10-11-26(19)13-14-8-9-17(21)23-12-14/h5-9,12,22H,3-4,10-11,13H2,1-2H3/b20-19+,25-24+. The van der Waals surface area contributed by atoms with Gasteiger partial charge in [0.2, 0.25) is 5.82 Å². The lowest BCUT2D eigenvalue weighted by Crippen LogP contribution is -2.23. The zero-order valence-corrected chi connectivity index (χ0v) is 17.2. The minimum atomic E-state index is -0.496. The van der Waals surface area contributed by atoms with Gasteiger partial charge in [-0.3, -0.25) is 0 Å². The maximum atomic E-state index is 11.8. The molecule has 1 aliphatic rings. The van der Waals surface area contributed by atoms with Gasteiger partial charge in [0, 0.05) is 25.8 Å². The summed E-state index contributed by atoms with van der Waals surface area (Å²) in [6, 6.07) is 9.47. The molecule has 0 radical (unpaired) electrons. The van der Waals surface area contributed by atoms with Crippen molar-refractivity contribution < 1.29 is 4.92 Å². The first-order valence-electron chi connectivity index (χ1n) is 9.53. The fourth-order valence-electron chi connectivity index (χ4n) is 3.24. The van der Waals surface area contributed by atoms with Crippen molar-refractivity contribution in [3.63, 3.8) is 0 Å². The summed E-state index contributed by atoms with van der Waals surface area (Å²) in [5, 5.41) is 23.6. The van der Waals surface area contributed by atoms with Crippen molar-refractivity contribution in [1.29, 1.82) is 0 Å². The SMILES string of the molecule is CCc1cccc(CC)c1/N=N/C(=C1/NCCN1Cc1ccc(Cl)nc1)[N+](=O)[O-]. The fourth-order valence-corrected chi connectivity index (χ4v) is 3.35. The number of benzene rings is 1. The van der Waals surface area contributed by atoms with Crippen molar-refractivity contribution in [1.82, 2.24) is 15.2 Å². The average molecular weight is 415 g/mol. The number of pyridine rings is 1. The van der Waals surface area contributed by atoms with E-state index < -0.39 is 4.92 Å². The summed E-state index contributed by atoms with van der Waals surface area (Å²) in [7, 11) is 0. The van der Waals surface area contributed by atoms with Crippen LogP contribution in [0.3, 0.4) is 0 Å². The molecule has 0 saturated carbocycles. The molecule has 2 aromatic rings. The highest BCUT2D eigenvalue weighted by molar-refractivity contribution is 6.29. The zero-order chi connectivity index (χ0) is 20.8. The lowest BCUT2D eigenvalue weighted by Gasteiger charge is -2.17. The predicted octanol–water partition coefficient (Wildman–Crippen LogP) is 4.45. The molecular formula is C20H23ClN6O2. The second-order valence-electron chi connectivity index (χ2n) is 6.60. The minimum Gasteiger partial charge on any atom is -0.363 e. The minimum absolute atomic E-state index is 0.294. The highest BCUT2D eigenvalue weighted by atomic mass is 35.5. The molecule has 1 fully saturated rings. The molecular weight excluding hydrogens is 392 g/mol. The topological polar surface area (TPSA) is 96.0 Å². The van der Waals surface area contributed by atoms with E-state index in [1.54, 1.807) is 12.3 Å². The van der Waals surface area contributed by atoms with E-state index in [4.69, 9.17) is 11.6 Å². The molecule has 8 nitrogen and oxygen atoms in total. The smallest absolute Gasteiger partial charge is 0.363 e. The summed E-state index contributed by atoms with van der Waals surface area (Å²) in [4.78, 5) is 17.2. The Kier molecular flexibility index (Phi) is 6.77. The molecule has 0 atom stereocenters. The molecule has 29 heavy (non-hydrogen) atoms. The number of nitrogens with zero attached hydrogens (tertiary/aromatic N) is 5. The summed E-state index contributed by atoms with van der Waals surface area (Å²) < 4.78 is 0. The molecule has 0 spiro atoms. The molecule has 0 amide bonds. The van der Waals surface area contributed by atoms with E-state index in [-0.39, 0.29) is 5.82 Å². The third-order valence-corrected chi connectivity index (χ3v) is 4.97. The van der Waals surface area contributed by atoms with E-state index in [0.29, 0.717) is 36.3 Å². The van der Waals surface area contributed by atoms with Gasteiger partial charge in [-0.25, -0.2) is 4.98 Å². The molecule has 0 unspecified atom stereocenters. The normalized spacial score (nSPS) is 15.6. The third kappa shape index (κ3) is 4.89. The zero-order valence-electron chi connectivity index (χ0n) is 16.4. The molecule has 1 N–H and O–H groups in total. The van der Waals surface area contributed by atoms with Crippen LogP contribution in [0.1, 0.15) is 30.5 Å². The summed E-state index contributed by atoms with van der Waals surface area (Å²) in [5.74, 6) is 0.0677. The monoisotopic (exact) mass is 414 g/mol. The van der Waals surface area contributed by atoms with Gasteiger partial charge in [-0.1, -0.05) is 49.7 Å². The Morgan fingerprint density at radius 2 is 2.00 bits per heavy atom. The van der Waals surface area contributed by atoms with E-state index >= 15 is 0 Å². The van der Waals surface area contributed by atoms with Crippen LogP contribution in [0, 0.1) is 10.1 Å². The van der Waals surface area contributed by atoms with Crippen molar-refractivity contribution in [2.24, 2.45) is 10.2 Å². The van der Waals surface area contributed by atoms with Gasteiger partial charge >= 0.3 is 5.82 Å². The van der Waals surface area contributed by atoms with E-state index in [1.165, 1.54) is 0 Å². The van der Waals surface area contributed by atoms with Crippen LogP contribution >= 0.6 is 11.6 Å². The van der Waals surface area contributed by atoms with Gasteiger partial charge < -0.3 is 20.3 Å². The molecule has 0 aliphatic carbocycles. The van der Waals surface area contributed by atoms with Gasteiger partial charge in [0.15, 0.2) is 0 Å². The highest BCUT2D eigenvalue weighted by Crippen LogP contribution is 2.27.